The average Bonchev–Trinajstić information content (AvgIpc) is 2.53. The Balaban J connectivity index is 1.94. The topological polar surface area (TPSA) is 72.2 Å². The predicted octanol–water partition coefficient (Wildman–Crippen LogP) is 2.32. The van der Waals surface area contributed by atoms with Crippen LogP contribution < -0.4 is 11.1 Å². The Labute approximate surface area is 124 Å². The molecule has 0 spiro atoms. The monoisotopic (exact) mass is 282 g/mol. The van der Waals surface area contributed by atoms with Gasteiger partial charge in [-0.3, -0.25) is 9.59 Å². The minimum atomic E-state index is -0.500. The quantitative estimate of drug-likeness (QED) is 0.883. The normalized spacial score (nSPS) is 11.7. The van der Waals surface area contributed by atoms with Crippen LogP contribution in [-0.4, -0.2) is 18.4 Å². The SMILES string of the molecule is C[C@H](CNC(=O)c1ccc(C(N)=O)cc1)c1ccccc1. The van der Waals surface area contributed by atoms with E-state index in [-0.39, 0.29) is 11.8 Å². The summed E-state index contributed by atoms with van der Waals surface area (Å²) in [5.74, 6) is -0.423. The predicted molar refractivity (Wildman–Crippen MR) is 82.2 cm³/mol. The van der Waals surface area contributed by atoms with Crippen molar-refractivity contribution in [1.82, 2.24) is 5.32 Å². The fourth-order valence-electron chi connectivity index (χ4n) is 2.03. The van der Waals surface area contributed by atoms with Crippen molar-refractivity contribution in [1.29, 1.82) is 0 Å². The van der Waals surface area contributed by atoms with E-state index in [1.165, 1.54) is 5.56 Å². The maximum absolute atomic E-state index is 12.0. The van der Waals surface area contributed by atoms with Gasteiger partial charge in [-0.15, -0.1) is 0 Å². The lowest BCUT2D eigenvalue weighted by Crippen LogP contribution is -2.27. The molecule has 0 saturated heterocycles. The maximum Gasteiger partial charge on any atom is 0.251 e. The lowest BCUT2D eigenvalue weighted by Gasteiger charge is -2.13. The Morgan fingerprint density at radius 1 is 1.00 bits per heavy atom. The summed E-state index contributed by atoms with van der Waals surface area (Å²) in [5.41, 5.74) is 7.25. The van der Waals surface area contributed by atoms with E-state index in [9.17, 15) is 9.59 Å². The van der Waals surface area contributed by atoms with Crippen molar-refractivity contribution >= 4 is 11.8 Å². The van der Waals surface area contributed by atoms with E-state index in [0.717, 1.165) is 0 Å². The highest BCUT2D eigenvalue weighted by molar-refractivity contribution is 5.97. The largest absolute Gasteiger partial charge is 0.366 e. The molecule has 2 aromatic carbocycles. The molecule has 0 unspecified atom stereocenters. The standard InChI is InChI=1S/C17H18N2O2/c1-12(13-5-3-2-4-6-13)11-19-17(21)15-9-7-14(8-10-15)16(18)20/h2-10,12H,11H2,1H3,(H2,18,20)(H,19,21)/t12-/m1/s1. The Hall–Kier alpha value is -2.62. The summed E-state index contributed by atoms with van der Waals surface area (Å²) in [4.78, 5) is 23.0. The van der Waals surface area contributed by atoms with Crippen LogP contribution in [0.1, 0.15) is 39.1 Å². The summed E-state index contributed by atoms with van der Waals surface area (Å²) < 4.78 is 0. The van der Waals surface area contributed by atoms with Crippen LogP contribution in [0.4, 0.5) is 0 Å². The Bertz CT molecular complexity index is 621. The molecule has 0 aromatic heterocycles. The van der Waals surface area contributed by atoms with Gasteiger partial charge in [0.15, 0.2) is 0 Å². The molecular formula is C17H18N2O2. The molecule has 0 aliphatic carbocycles. The highest BCUT2D eigenvalue weighted by atomic mass is 16.2. The third kappa shape index (κ3) is 3.92. The smallest absolute Gasteiger partial charge is 0.251 e. The summed E-state index contributed by atoms with van der Waals surface area (Å²) in [6.45, 7) is 2.62. The lowest BCUT2D eigenvalue weighted by molar-refractivity contribution is 0.0949. The van der Waals surface area contributed by atoms with Crippen LogP contribution in [0, 0.1) is 0 Å². The fourth-order valence-corrected chi connectivity index (χ4v) is 2.03. The fraction of sp³-hybridized carbons (Fsp3) is 0.176. The van der Waals surface area contributed by atoms with Gasteiger partial charge in [0.2, 0.25) is 5.91 Å². The molecule has 0 aliphatic heterocycles. The van der Waals surface area contributed by atoms with Crippen molar-refractivity contribution in [3.05, 3.63) is 71.3 Å². The number of carbonyl (C=O) groups is 2. The number of amides is 2. The number of hydrogen-bond donors (Lipinski definition) is 2. The van der Waals surface area contributed by atoms with E-state index in [4.69, 9.17) is 5.73 Å². The number of benzene rings is 2. The van der Waals surface area contributed by atoms with Crippen LogP contribution in [-0.2, 0) is 0 Å². The second-order valence-electron chi connectivity index (χ2n) is 4.96. The first kappa shape index (κ1) is 14.8. The first-order valence-electron chi connectivity index (χ1n) is 6.81. The van der Waals surface area contributed by atoms with Crippen LogP contribution in [0.25, 0.3) is 0 Å². The molecule has 3 N–H and O–H groups in total. The highest BCUT2D eigenvalue weighted by Crippen LogP contribution is 2.13. The number of nitrogens with two attached hydrogens (primary N) is 1. The zero-order chi connectivity index (χ0) is 15.2. The molecule has 4 heteroatoms. The van der Waals surface area contributed by atoms with Gasteiger partial charge in [0.25, 0.3) is 5.91 Å². The molecular weight excluding hydrogens is 264 g/mol. The van der Waals surface area contributed by atoms with Gasteiger partial charge in [0.05, 0.1) is 0 Å². The molecule has 0 saturated carbocycles. The van der Waals surface area contributed by atoms with Crippen LogP contribution in [0.2, 0.25) is 0 Å². The van der Waals surface area contributed by atoms with Gasteiger partial charge < -0.3 is 11.1 Å². The van der Waals surface area contributed by atoms with Crippen molar-refractivity contribution in [3.8, 4) is 0 Å². The molecule has 21 heavy (non-hydrogen) atoms. The van der Waals surface area contributed by atoms with E-state index in [0.29, 0.717) is 17.7 Å². The molecule has 0 fully saturated rings. The number of carbonyl (C=O) groups excluding carboxylic acids is 2. The molecule has 2 rings (SSSR count). The second-order valence-corrected chi connectivity index (χ2v) is 4.96. The summed E-state index contributed by atoms with van der Waals surface area (Å²) in [5, 5.41) is 2.89. The van der Waals surface area contributed by atoms with Crippen LogP contribution in [0.5, 0.6) is 0 Å². The van der Waals surface area contributed by atoms with E-state index >= 15 is 0 Å². The van der Waals surface area contributed by atoms with Crippen LogP contribution in [0.3, 0.4) is 0 Å². The summed E-state index contributed by atoms with van der Waals surface area (Å²) >= 11 is 0. The van der Waals surface area contributed by atoms with Gasteiger partial charge in [-0.25, -0.2) is 0 Å². The third-order valence-corrected chi connectivity index (χ3v) is 3.37. The molecule has 0 bridgehead atoms. The Morgan fingerprint density at radius 3 is 2.14 bits per heavy atom. The molecule has 0 radical (unpaired) electrons. The van der Waals surface area contributed by atoms with E-state index in [2.05, 4.69) is 12.2 Å². The van der Waals surface area contributed by atoms with Gasteiger partial charge in [-0.2, -0.15) is 0 Å². The molecule has 4 nitrogen and oxygen atoms in total. The Morgan fingerprint density at radius 2 is 1.57 bits per heavy atom. The molecule has 1 atom stereocenters. The molecule has 108 valence electrons. The molecule has 2 aromatic rings. The number of nitrogens with one attached hydrogen (secondary N) is 1. The zero-order valence-corrected chi connectivity index (χ0v) is 11.9. The van der Waals surface area contributed by atoms with E-state index in [1.54, 1.807) is 24.3 Å². The maximum atomic E-state index is 12.0. The zero-order valence-electron chi connectivity index (χ0n) is 11.9. The highest BCUT2D eigenvalue weighted by Gasteiger charge is 2.10. The van der Waals surface area contributed by atoms with Crippen molar-refractivity contribution in [2.75, 3.05) is 6.54 Å². The lowest BCUT2D eigenvalue weighted by atomic mass is 10.0. The Kier molecular flexibility index (Phi) is 4.72. The van der Waals surface area contributed by atoms with E-state index in [1.807, 2.05) is 30.3 Å². The number of hydrogen-bond acceptors (Lipinski definition) is 2. The molecule has 0 heterocycles. The molecule has 2 amide bonds. The van der Waals surface area contributed by atoms with Gasteiger partial charge in [-0.05, 0) is 35.7 Å². The van der Waals surface area contributed by atoms with Gasteiger partial charge in [0.1, 0.15) is 0 Å². The third-order valence-electron chi connectivity index (χ3n) is 3.37. The minimum absolute atomic E-state index is 0.159. The van der Waals surface area contributed by atoms with Crippen LogP contribution in [0.15, 0.2) is 54.6 Å². The van der Waals surface area contributed by atoms with Crippen molar-refractivity contribution in [2.24, 2.45) is 5.73 Å². The summed E-state index contributed by atoms with van der Waals surface area (Å²) in [7, 11) is 0. The van der Waals surface area contributed by atoms with Crippen molar-refractivity contribution < 1.29 is 9.59 Å². The van der Waals surface area contributed by atoms with Crippen LogP contribution >= 0.6 is 0 Å². The van der Waals surface area contributed by atoms with Gasteiger partial charge >= 0.3 is 0 Å². The number of rotatable bonds is 5. The second kappa shape index (κ2) is 6.70. The first-order valence-corrected chi connectivity index (χ1v) is 6.81. The first-order chi connectivity index (χ1) is 10.1. The van der Waals surface area contributed by atoms with E-state index < -0.39 is 5.91 Å². The van der Waals surface area contributed by atoms with Crippen molar-refractivity contribution in [2.45, 2.75) is 12.8 Å². The summed E-state index contributed by atoms with van der Waals surface area (Å²) in [6, 6.07) is 16.3. The van der Waals surface area contributed by atoms with Gasteiger partial charge in [-0.1, -0.05) is 37.3 Å². The molecule has 0 aliphatic rings. The van der Waals surface area contributed by atoms with Crippen molar-refractivity contribution in [3.63, 3.8) is 0 Å². The summed E-state index contributed by atoms with van der Waals surface area (Å²) in [6.07, 6.45) is 0. The van der Waals surface area contributed by atoms with Gasteiger partial charge in [0, 0.05) is 17.7 Å². The average molecular weight is 282 g/mol. The number of primary amides is 1. The minimum Gasteiger partial charge on any atom is -0.366 e.